The van der Waals surface area contributed by atoms with Crippen LogP contribution in [0.4, 0.5) is 0 Å². The highest BCUT2D eigenvalue weighted by Crippen LogP contribution is 2.12. The third-order valence-electron chi connectivity index (χ3n) is 4.50. The molecular formula is C22H22N2O5. The summed E-state index contributed by atoms with van der Waals surface area (Å²) >= 11 is 0. The van der Waals surface area contributed by atoms with Crippen molar-refractivity contribution in [2.24, 2.45) is 0 Å². The Bertz CT molecular complexity index is 1070. The molecule has 0 aliphatic heterocycles. The summed E-state index contributed by atoms with van der Waals surface area (Å²) in [4.78, 5) is 39.1. The molecular weight excluding hydrogens is 372 g/mol. The van der Waals surface area contributed by atoms with Crippen LogP contribution in [-0.2, 0) is 16.0 Å². The number of carbonyl (C=O) groups is 2. The number of amides is 1. The number of fused-ring (bicyclic) bond motifs is 1. The lowest BCUT2D eigenvalue weighted by Crippen LogP contribution is -2.37. The molecule has 29 heavy (non-hydrogen) atoms. The molecule has 1 heterocycles. The van der Waals surface area contributed by atoms with Crippen molar-refractivity contribution in [3.05, 3.63) is 76.2 Å². The smallest absolute Gasteiger partial charge is 0.355 e. The summed E-state index contributed by atoms with van der Waals surface area (Å²) in [5.41, 5.74) is 0.669. The van der Waals surface area contributed by atoms with Gasteiger partial charge in [0.2, 0.25) is 0 Å². The van der Waals surface area contributed by atoms with Crippen molar-refractivity contribution in [3.8, 4) is 5.75 Å². The van der Waals surface area contributed by atoms with Gasteiger partial charge < -0.3 is 19.8 Å². The highest BCUT2D eigenvalue weighted by atomic mass is 16.5. The Balaban J connectivity index is 1.54. The SMILES string of the molecule is COc1ccc(CCNC(=O)[C@H](C)OC(=O)c2cc3ccccc3c(=O)[nH]2)cc1. The molecule has 0 spiro atoms. The van der Waals surface area contributed by atoms with E-state index in [4.69, 9.17) is 9.47 Å². The standard InChI is InChI=1S/C22H22N2O5/c1-14(20(25)23-12-11-15-7-9-17(28-2)10-8-15)29-22(27)19-13-16-5-3-4-6-18(16)21(26)24-19/h3-10,13-14H,11-12H2,1-2H3,(H,23,25)(H,24,26)/t14-/m0/s1. The van der Waals surface area contributed by atoms with Gasteiger partial charge in [-0.1, -0.05) is 30.3 Å². The number of ether oxygens (including phenoxy) is 2. The van der Waals surface area contributed by atoms with E-state index in [2.05, 4.69) is 10.3 Å². The highest BCUT2D eigenvalue weighted by Gasteiger charge is 2.19. The molecule has 0 fully saturated rings. The fourth-order valence-corrected chi connectivity index (χ4v) is 2.86. The molecule has 2 N–H and O–H groups in total. The molecule has 150 valence electrons. The van der Waals surface area contributed by atoms with Crippen LogP contribution < -0.4 is 15.6 Å². The number of benzene rings is 2. The summed E-state index contributed by atoms with van der Waals surface area (Å²) < 4.78 is 10.3. The van der Waals surface area contributed by atoms with E-state index in [1.54, 1.807) is 31.4 Å². The molecule has 1 aromatic heterocycles. The van der Waals surface area contributed by atoms with Gasteiger partial charge >= 0.3 is 5.97 Å². The Morgan fingerprint density at radius 2 is 1.83 bits per heavy atom. The average Bonchev–Trinajstić information content (AvgIpc) is 2.74. The number of hydrogen-bond donors (Lipinski definition) is 2. The van der Waals surface area contributed by atoms with Crippen LogP contribution in [0.1, 0.15) is 23.0 Å². The summed E-state index contributed by atoms with van der Waals surface area (Å²) in [6.45, 7) is 1.89. The number of nitrogens with one attached hydrogen (secondary N) is 2. The number of carbonyl (C=O) groups excluding carboxylic acids is 2. The molecule has 7 heteroatoms. The molecule has 0 radical (unpaired) electrons. The van der Waals surface area contributed by atoms with E-state index in [1.165, 1.54) is 13.0 Å². The van der Waals surface area contributed by atoms with Crippen LogP contribution in [0.5, 0.6) is 5.75 Å². The Morgan fingerprint density at radius 3 is 2.55 bits per heavy atom. The molecule has 0 saturated carbocycles. The topological polar surface area (TPSA) is 97.5 Å². The number of hydrogen-bond acceptors (Lipinski definition) is 5. The van der Waals surface area contributed by atoms with Crippen molar-refractivity contribution in [1.29, 1.82) is 0 Å². The van der Waals surface area contributed by atoms with Gasteiger partial charge in [0.05, 0.1) is 7.11 Å². The summed E-state index contributed by atoms with van der Waals surface area (Å²) in [6.07, 6.45) is -0.359. The molecule has 0 bridgehead atoms. The summed E-state index contributed by atoms with van der Waals surface area (Å²) in [7, 11) is 1.60. The molecule has 0 saturated heterocycles. The van der Waals surface area contributed by atoms with Crippen LogP contribution in [0.2, 0.25) is 0 Å². The quantitative estimate of drug-likeness (QED) is 0.600. The largest absolute Gasteiger partial charge is 0.497 e. The molecule has 7 nitrogen and oxygen atoms in total. The van der Waals surface area contributed by atoms with E-state index in [1.807, 2.05) is 24.3 Å². The predicted molar refractivity (Wildman–Crippen MR) is 109 cm³/mol. The lowest BCUT2D eigenvalue weighted by molar-refractivity contribution is -0.129. The highest BCUT2D eigenvalue weighted by molar-refractivity contribution is 5.94. The van der Waals surface area contributed by atoms with Gasteiger partial charge in [-0.05, 0) is 48.6 Å². The first-order valence-electron chi connectivity index (χ1n) is 9.21. The number of H-pyrrole nitrogens is 1. The molecule has 1 amide bonds. The molecule has 2 aromatic carbocycles. The maximum atomic E-state index is 12.3. The number of aromatic nitrogens is 1. The van der Waals surface area contributed by atoms with Crippen molar-refractivity contribution in [2.75, 3.05) is 13.7 Å². The number of aromatic amines is 1. The summed E-state index contributed by atoms with van der Waals surface area (Å²) in [5, 5.41) is 3.84. The third kappa shape index (κ3) is 5.01. The monoisotopic (exact) mass is 394 g/mol. The van der Waals surface area contributed by atoms with E-state index in [0.29, 0.717) is 23.7 Å². The van der Waals surface area contributed by atoms with Crippen LogP contribution in [0.15, 0.2) is 59.4 Å². The van der Waals surface area contributed by atoms with Crippen molar-refractivity contribution < 1.29 is 19.1 Å². The summed E-state index contributed by atoms with van der Waals surface area (Å²) in [6, 6.07) is 16.0. The zero-order valence-corrected chi connectivity index (χ0v) is 16.2. The van der Waals surface area contributed by atoms with E-state index in [-0.39, 0.29) is 11.3 Å². The van der Waals surface area contributed by atoms with Gasteiger partial charge in [0.25, 0.3) is 11.5 Å². The Morgan fingerprint density at radius 1 is 1.10 bits per heavy atom. The predicted octanol–water partition coefficient (Wildman–Crippen LogP) is 2.44. The maximum Gasteiger partial charge on any atom is 0.355 e. The Labute approximate surface area is 167 Å². The zero-order valence-electron chi connectivity index (χ0n) is 16.2. The minimum atomic E-state index is -0.992. The first-order valence-corrected chi connectivity index (χ1v) is 9.21. The van der Waals surface area contributed by atoms with Gasteiger partial charge in [-0.25, -0.2) is 4.79 Å². The van der Waals surface area contributed by atoms with Gasteiger partial charge in [-0.15, -0.1) is 0 Å². The van der Waals surface area contributed by atoms with Crippen molar-refractivity contribution in [3.63, 3.8) is 0 Å². The zero-order chi connectivity index (χ0) is 20.8. The lowest BCUT2D eigenvalue weighted by atomic mass is 10.1. The van der Waals surface area contributed by atoms with Gasteiger partial charge in [0, 0.05) is 11.9 Å². The van der Waals surface area contributed by atoms with Crippen molar-refractivity contribution in [1.82, 2.24) is 10.3 Å². The molecule has 0 aliphatic rings. The van der Waals surface area contributed by atoms with Crippen LogP contribution in [0.25, 0.3) is 10.8 Å². The maximum absolute atomic E-state index is 12.3. The summed E-state index contributed by atoms with van der Waals surface area (Å²) in [5.74, 6) is -0.397. The Kier molecular flexibility index (Phi) is 6.29. The number of rotatable bonds is 7. The van der Waals surface area contributed by atoms with Gasteiger partial charge in [-0.3, -0.25) is 9.59 Å². The molecule has 3 aromatic rings. The van der Waals surface area contributed by atoms with E-state index in [0.717, 1.165) is 11.3 Å². The van der Waals surface area contributed by atoms with Crippen LogP contribution in [0.3, 0.4) is 0 Å². The van der Waals surface area contributed by atoms with E-state index in [9.17, 15) is 14.4 Å². The van der Waals surface area contributed by atoms with Crippen LogP contribution in [0, 0.1) is 0 Å². The molecule has 0 aliphatic carbocycles. The Hall–Kier alpha value is -3.61. The first-order chi connectivity index (χ1) is 14.0. The fraction of sp³-hybridized carbons (Fsp3) is 0.227. The third-order valence-corrected chi connectivity index (χ3v) is 4.50. The number of methoxy groups -OCH3 is 1. The van der Waals surface area contributed by atoms with Gasteiger partial charge in [-0.2, -0.15) is 0 Å². The molecule has 1 atom stereocenters. The fourth-order valence-electron chi connectivity index (χ4n) is 2.86. The molecule has 3 rings (SSSR count). The van der Waals surface area contributed by atoms with Crippen LogP contribution in [-0.4, -0.2) is 36.6 Å². The minimum Gasteiger partial charge on any atom is -0.497 e. The average molecular weight is 394 g/mol. The van der Waals surface area contributed by atoms with Crippen molar-refractivity contribution >= 4 is 22.6 Å². The number of esters is 1. The van der Waals surface area contributed by atoms with Gasteiger partial charge in [0.15, 0.2) is 6.10 Å². The first kappa shape index (κ1) is 20.1. The molecule has 0 unspecified atom stereocenters. The normalized spacial score (nSPS) is 11.7. The second-order valence-electron chi connectivity index (χ2n) is 6.54. The van der Waals surface area contributed by atoms with Crippen LogP contribution >= 0.6 is 0 Å². The second-order valence-corrected chi connectivity index (χ2v) is 6.54. The lowest BCUT2D eigenvalue weighted by Gasteiger charge is -2.14. The second kappa shape index (κ2) is 9.05. The minimum absolute atomic E-state index is 0.00610. The van der Waals surface area contributed by atoms with Gasteiger partial charge in [0.1, 0.15) is 11.4 Å². The number of pyridine rings is 1. The van der Waals surface area contributed by atoms with E-state index >= 15 is 0 Å². The van der Waals surface area contributed by atoms with E-state index < -0.39 is 18.0 Å². The van der Waals surface area contributed by atoms with Crippen molar-refractivity contribution in [2.45, 2.75) is 19.4 Å².